The van der Waals surface area contributed by atoms with E-state index in [9.17, 15) is 0 Å². The third kappa shape index (κ3) is 6.10. The number of fused-ring (bicyclic) bond motifs is 12. The van der Waals surface area contributed by atoms with E-state index in [4.69, 9.17) is 15.0 Å². The number of pyridine rings is 1. The van der Waals surface area contributed by atoms with Crippen molar-refractivity contribution < 1.29 is 0 Å². The second-order valence-electron chi connectivity index (χ2n) is 17.9. The van der Waals surface area contributed by atoms with E-state index in [1.54, 1.807) is 0 Å². The van der Waals surface area contributed by atoms with E-state index in [1.807, 2.05) is 0 Å². The zero-order valence-corrected chi connectivity index (χ0v) is 36.9. The SMILES string of the molecule is c1ccc2cc(-c3nc4ccccc4c4c3cc(-c3ccc(-c5cc(-c6cc7ccccc7c7ccccc67)nc(-c6cc7ccccc7c7ccccc67)n5)cc3)c3ccccc34)ccc2c1. The van der Waals surface area contributed by atoms with Gasteiger partial charge in [0.2, 0.25) is 0 Å². The smallest absolute Gasteiger partial charge is 0.161 e. The average Bonchev–Trinajstić information content (AvgIpc) is 3.41. The highest BCUT2D eigenvalue weighted by Crippen LogP contribution is 2.44. The summed E-state index contributed by atoms with van der Waals surface area (Å²) in [6.45, 7) is 0. The highest BCUT2D eigenvalue weighted by Gasteiger charge is 2.20. The number of hydrogen-bond donors (Lipinski definition) is 0. The minimum atomic E-state index is 0.697. The van der Waals surface area contributed by atoms with Gasteiger partial charge in [-0.05, 0) is 112 Å². The Labute approximate surface area is 392 Å². The van der Waals surface area contributed by atoms with Crippen molar-refractivity contribution in [3.8, 4) is 56.3 Å². The lowest BCUT2D eigenvalue weighted by Crippen LogP contribution is -1.98. The molecule has 3 heteroatoms. The fraction of sp³-hybridized carbons (Fsp3) is 0. The lowest BCUT2D eigenvalue weighted by atomic mass is 9.89. The summed E-state index contributed by atoms with van der Waals surface area (Å²) in [5, 5.41) is 17.8. The molecule has 0 bridgehead atoms. The van der Waals surface area contributed by atoms with E-state index >= 15 is 0 Å². The maximum absolute atomic E-state index is 5.50. The van der Waals surface area contributed by atoms with E-state index in [-0.39, 0.29) is 0 Å². The largest absolute Gasteiger partial charge is 0.247 e. The molecule has 2 heterocycles. The normalized spacial score (nSPS) is 11.8. The maximum atomic E-state index is 5.50. The number of nitrogens with zero attached hydrogens (tertiary/aromatic N) is 3. The molecule has 0 spiro atoms. The van der Waals surface area contributed by atoms with Crippen molar-refractivity contribution in [1.29, 1.82) is 0 Å². The number of para-hydroxylation sites is 1. The van der Waals surface area contributed by atoms with Crippen LogP contribution < -0.4 is 0 Å². The molecule has 12 aromatic carbocycles. The average molecular weight is 862 g/mol. The quantitative estimate of drug-likeness (QED) is 0.162. The third-order valence-corrected chi connectivity index (χ3v) is 14.0. The molecule has 14 aromatic rings. The first-order valence-electron chi connectivity index (χ1n) is 23.3. The molecule has 2 aromatic heterocycles. The van der Waals surface area contributed by atoms with Gasteiger partial charge in [0.05, 0.1) is 22.6 Å². The fourth-order valence-corrected chi connectivity index (χ4v) is 10.8. The molecule has 0 radical (unpaired) electrons. The van der Waals surface area contributed by atoms with Gasteiger partial charge in [-0.25, -0.2) is 15.0 Å². The first kappa shape index (κ1) is 38.2. The van der Waals surface area contributed by atoms with Gasteiger partial charge in [0.25, 0.3) is 0 Å². The van der Waals surface area contributed by atoms with Crippen LogP contribution in [0, 0.1) is 0 Å². The topological polar surface area (TPSA) is 38.7 Å². The molecule has 14 rings (SSSR count). The van der Waals surface area contributed by atoms with Crippen LogP contribution in [0.4, 0.5) is 0 Å². The van der Waals surface area contributed by atoms with Crippen molar-refractivity contribution in [2.24, 2.45) is 0 Å². The Morgan fingerprint density at radius 3 is 1.41 bits per heavy atom. The van der Waals surface area contributed by atoms with Crippen LogP contribution in [0.2, 0.25) is 0 Å². The lowest BCUT2D eigenvalue weighted by molar-refractivity contribution is 1.19. The summed E-state index contributed by atoms with van der Waals surface area (Å²) in [4.78, 5) is 16.4. The van der Waals surface area contributed by atoms with Crippen molar-refractivity contribution in [3.05, 3.63) is 237 Å². The molecular weight excluding hydrogens is 823 g/mol. The Kier molecular flexibility index (Phi) is 8.59. The summed E-state index contributed by atoms with van der Waals surface area (Å²) < 4.78 is 0. The van der Waals surface area contributed by atoms with Gasteiger partial charge in [-0.3, -0.25) is 0 Å². The summed E-state index contributed by atoms with van der Waals surface area (Å²) in [7, 11) is 0. The van der Waals surface area contributed by atoms with Crippen LogP contribution in [0.5, 0.6) is 0 Å². The summed E-state index contributed by atoms with van der Waals surface area (Å²) in [5.41, 5.74) is 10.2. The first-order chi connectivity index (χ1) is 33.7. The summed E-state index contributed by atoms with van der Waals surface area (Å²) in [5.74, 6) is 0.697. The van der Waals surface area contributed by atoms with Gasteiger partial charge in [-0.1, -0.05) is 200 Å². The molecule has 0 saturated carbocycles. The summed E-state index contributed by atoms with van der Waals surface area (Å²) in [6.07, 6.45) is 0. The molecule has 3 nitrogen and oxygen atoms in total. The third-order valence-electron chi connectivity index (χ3n) is 14.0. The van der Waals surface area contributed by atoms with E-state index < -0.39 is 0 Å². The molecule has 0 saturated heterocycles. The van der Waals surface area contributed by atoms with Crippen LogP contribution in [0.3, 0.4) is 0 Å². The molecule has 314 valence electrons. The van der Waals surface area contributed by atoms with Crippen molar-refractivity contribution >= 4 is 86.3 Å². The number of aromatic nitrogens is 3. The number of hydrogen-bond acceptors (Lipinski definition) is 3. The predicted octanol–water partition coefficient (Wildman–Crippen LogP) is 17.4. The highest BCUT2D eigenvalue weighted by molar-refractivity contribution is 6.25. The van der Waals surface area contributed by atoms with Crippen LogP contribution in [-0.2, 0) is 0 Å². The van der Waals surface area contributed by atoms with Gasteiger partial charge in [0.15, 0.2) is 5.82 Å². The van der Waals surface area contributed by atoms with Gasteiger partial charge >= 0.3 is 0 Å². The molecule has 0 unspecified atom stereocenters. The van der Waals surface area contributed by atoms with Crippen LogP contribution in [0.25, 0.3) is 143 Å². The van der Waals surface area contributed by atoms with Crippen molar-refractivity contribution in [1.82, 2.24) is 15.0 Å². The Morgan fingerprint density at radius 1 is 0.235 bits per heavy atom. The van der Waals surface area contributed by atoms with Crippen LogP contribution >= 0.6 is 0 Å². The Morgan fingerprint density at radius 2 is 0.721 bits per heavy atom. The standard InChI is InChI=1S/C65H39N3/c1-2-16-43-35-46(34-29-40(43)15-1)64-59-38-56(53-25-11-12-26-54(53)63(59)55-27-13-14-28-60(55)66-64)41-30-32-42(33-31-41)61-39-62(57-36-44-17-3-5-19-47(44)49-21-7-9-23-51(49)57)68-65(67-61)58-37-45-18-4-6-20-48(45)50-22-8-10-24-52(50)58/h1-39H. The van der Waals surface area contributed by atoms with Gasteiger partial charge in [0.1, 0.15) is 0 Å². The second-order valence-corrected chi connectivity index (χ2v) is 17.9. The van der Waals surface area contributed by atoms with Crippen molar-refractivity contribution in [3.63, 3.8) is 0 Å². The molecule has 0 aliphatic rings. The van der Waals surface area contributed by atoms with E-state index in [2.05, 4.69) is 237 Å². The molecule has 0 atom stereocenters. The highest BCUT2D eigenvalue weighted by atomic mass is 14.9. The van der Waals surface area contributed by atoms with Crippen LogP contribution in [-0.4, -0.2) is 15.0 Å². The summed E-state index contributed by atoms with van der Waals surface area (Å²) >= 11 is 0. The fourth-order valence-electron chi connectivity index (χ4n) is 10.8. The Hall–Kier alpha value is -9.05. The summed E-state index contributed by atoms with van der Waals surface area (Å²) in [6, 6.07) is 85.3. The molecule has 0 aliphatic heterocycles. The van der Waals surface area contributed by atoms with Crippen molar-refractivity contribution in [2.45, 2.75) is 0 Å². The van der Waals surface area contributed by atoms with E-state index in [0.29, 0.717) is 5.82 Å². The van der Waals surface area contributed by atoms with Crippen LogP contribution in [0.15, 0.2) is 237 Å². The number of rotatable bonds is 5. The zero-order chi connectivity index (χ0) is 44.7. The van der Waals surface area contributed by atoms with Gasteiger partial charge < -0.3 is 0 Å². The first-order valence-corrected chi connectivity index (χ1v) is 23.3. The van der Waals surface area contributed by atoms with E-state index in [1.165, 1.54) is 53.9 Å². The Balaban J connectivity index is 0.982. The second kappa shape index (κ2) is 15.3. The van der Waals surface area contributed by atoms with Crippen molar-refractivity contribution in [2.75, 3.05) is 0 Å². The lowest BCUT2D eigenvalue weighted by Gasteiger charge is -2.17. The zero-order valence-electron chi connectivity index (χ0n) is 36.9. The number of benzene rings is 12. The Bertz CT molecular complexity index is 4240. The molecular formula is C65H39N3. The predicted molar refractivity (Wildman–Crippen MR) is 287 cm³/mol. The molecule has 0 fully saturated rings. The molecule has 0 N–H and O–H groups in total. The maximum Gasteiger partial charge on any atom is 0.161 e. The van der Waals surface area contributed by atoms with Gasteiger partial charge in [0, 0.05) is 38.4 Å². The molecule has 0 amide bonds. The monoisotopic (exact) mass is 861 g/mol. The molecule has 68 heavy (non-hydrogen) atoms. The van der Waals surface area contributed by atoms with E-state index in [0.717, 1.165) is 82.9 Å². The van der Waals surface area contributed by atoms with Gasteiger partial charge in [-0.15, -0.1) is 0 Å². The van der Waals surface area contributed by atoms with Gasteiger partial charge in [-0.2, -0.15) is 0 Å². The molecule has 0 aliphatic carbocycles. The van der Waals surface area contributed by atoms with Crippen LogP contribution in [0.1, 0.15) is 0 Å². The minimum absolute atomic E-state index is 0.697. The minimum Gasteiger partial charge on any atom is -0.247 e.